The molecule has 0 aliphatic carbocycles. The maximum absolute atomic E-state index is 11.5. The zero-order valence-corrected chi connectivity index (χ0v) is 22.6. The van der Waals surface area contributed by atoms with Crippen molar-refractivity contribution in [2.24, 2.45) is 0 Å². The highest BCUT2D eigenvalue weighted by molar-refractivity contribution is 9.10. The largest absolute Gasteiger partial charge is 0.351 e. The number of benzene rings is 2. The lowest BCUT2D eigenvalue weighted by Gasteiger charge is -2.28. The van der Waals surface area contributed by atoms with E-state index in [0.29, 0.717) is 5.11 Å². The number of nitrogens with zero attached hydrogens (tertiary/aromatic N) is 3. The van der Waals surface area contributed by atoms with Gasteiger partial charge in [-0.15, -0.1) is 0 Å². The van der Waals surface area contributed by atoms with Crippen molar-refractivity contribution in [3.8, 4) is 5.69 Å². The van der Waals surface area contributed by atoms with E-state index in [1.165, 1.54) is 6.92 Å². The number of hydrogen-bond acceptors (Lipinski definition) is 3. The number of carbonyl (C=O) groups excluding carboxylic acids is 1. The average molecular weight is 561 g/mol. The van der Waals surface area contributed by atoms with Gasteiger partial charge in [0, 0.05) is 40.4 Å². The fourth-order valence-electron chi connectivity index (χ4n) is 4.95. The number of para-hydroxylation sites is 1. The highest BCUT2D eigenvalue weighted by Gasteiger charge is 2.42. The lowest BCUT2D eigenvalue weighted by atomic mass is 9.96. The molecule has 8 heteroatoms. The number of carbonyl (C=O) groups is 1. The Balaban J connectivity index is 1.64. The summed E-state index contributed by atoms with van der Waals surface area (Å²) in [6, 6.07) is 23.9. The van der Waals surface area contributed by atoms with Gasteiger partial charge in [-0.25, -0.2) is 0 Å². The Kier molecular flexibility index (Phi) is 6.64. The fourth-order valence-corrected chi connectivity index (χ4v) is 5.76. The van der Waals surface area contributed by atoms with Gasteiger partial charge in [-0.05, 0) is 102 Å². The summed E-state index contributed by atoms with van der Waals surface area (Å²) in [5.41, 5.74) is 7.13. The third-order valence-corrected chi connectivity index (χ3v) is 7.43. The number of rotatable bonds is 5. The molecule has 2 aromatic carbocycles. The molecule has 0 spiro atoms. The number of amides is 1. The zero-order chi connectivity index (χ0) is 25.4. The molecule has 1 aliphatic rings. The number of aryl methyl sites for hydroxylation is 1. The summed E-state index contributed by atoms with van der Waals surface area (Å²) in [5, 5.41) is 6.99. The van der Waals surface area contributed by atoms with Crippen molar-refractivity contribution >= 4 is 50.5 Å². The van der Waals surface area contributed by atoms with Crippen molar-refractivity contribution in [2.45, 2.75) is 32.9 Å². The van der Waals surface area contributed by atoms with Gasteiger partial charge in [0.25, 0.3) is 0 Å². The molecule has 1 fully saturated rings. The minimum atomic E-state index is -0.137. The SMILES string of the molecule is CC(=O)Nc1ccc(N2C(=S)NC(c3ccccn3)C2c2cc(C)n(-c3ccccc3Br)c2C)cc1. The standard InChI is InChI=1S/C28H26BrN5OS/c1-17-16-22(18(2)33(17)25-10-5-4-8-23(25)29)27-26(24-9-6-7-15-30-24)32-28(36)34(27)21-13-11-20(12-14-21)31-19(3)35/h4-16,26-27H,1-3H3,(H,31,35)(H,32,36). The second kappa shape index (κ2) is 9.87. The van der Waals surface area contributed by atoms with Gasteiger partial charge in [-0.3, -0.25) is 9.78 Å². The molecule has 5 rings (SSSR count). The number of halogens is 1. The van der Waals surface area contributed by atoms with Gasteiger partial charge in [-0.1, -0.05) is 18.2 Å². The Morgan fingerprint density at radius 3 is 2.44 bits per heavy atom. The van der Waals surface area contributed by atoms with Gasteiger partial charge < -0.3 is 20.1 Å². The Hall–Kier alpha value is -3.49. The Labute approximate surface area is 224 Å². The van der Waals surface area contributed by atoms with Crippen LogP contribution in [0.25, 0.3) is 5.69 Å². The molecule has 1 saturated heterocycles. The molecule has 0 radical (unpaired) electrons. The van der Waals surface area contributed by atoms with Gasteiger partial charge in [-0.2, -0.15) is 0 Å². The molecule has 182 valence electrons. The first-order valence-electron chi connectivity index (χ1n) is 11.7. The van der Waals surface area contributed by atoms with Crippen molar-refractivity contribution in [3.05, 3.63) is 106 Å². The molecule has 6 nitrogen and oxygen atoms in total. The summed E-state index contributed by atoms with van der Waals surface area (Å²) in [5.74, 6) is -0.103. The van der Waals surface area contributed by atoms with E-state index >= 15 is 0 Å². The summed E-state index contributed by atoms with van der Waals surface area (Å²) in [7, 11) is 0. The van der Waals surface area contributed by atoms with Gasteiger partial charge in [0.15, 0.2) is 5.11 Å². The summed E-state index contributed by atoms with van der Waals surface area (Å²) >= 11 is 9.60. The number of nitrogens with one attached hydrogen (secondary N) is 2. The van der Waals surface area contributed by atoms with E-state index in [-0.39, 0.29) is 18.0 Å². The number of anilines is 2. The fraction of sp³-hybridized carbons (Fsp3) is 0.179. The normalized spacial score (nSPS) is 17.2. The summed E-state index contributed by atoms with van der Waals surface area (Å²) in [6.45, 7) is 5.78. The van der Waals surface area contributed by atoms with Crippen LogP contribution in [0.5, 0.6) is 0 Å². The molecule has 3 heterocycles. The number of aromatic nitrogens is 2. The van der Waals surface area contributed by atoms with Gasteiger partial charge in [0.1, 0.15) is 0 Å². The molecule has 2 unspecified atom stereocenters. The Morgan fingerprint density at radius 1 is 1.06 bits per heavy atom. The van der Waals surface area contributed by atoms with E-state index in [4.69, 9.17) is 12.2 Å². The third kappa shape index (κ3) is 4.42. The van der Waals surface area contributed by atoms with Crippen LogP contribution in [0.1, 0.15) is 41.7 Å². The highest BCUT2D eigenvalue weighted by atomic mass is 79.9. The quantitative estimate of drug-likeness (QED) is 0.277. The smallest absolute Gasteiger partial charge is 0.221 e. The third-order valence-electron chi connectivity index (χ3n) is 6.45. The molecule has 0 saturated carbocycles. The van der Waals surface area contributed by atoms with Crippen LogP contribution in [0.3, 0.4) is 0 Å². The molecule has 36 heavy (non-hydrogen) atoms. The summed E-state index contributed by atoms with van der Waals surface area (Å²) in [4.78, 5) is 18.3. The lowest BCUT2D eigenvalue weighted by molar-refractivity contribution is -0.114. The molecule has 2 N–H and O–H groups in total. The summed E-state index contributed by atoms with van der Waals surface area (Å²) in [6.07, 6.45) is 1.81. The van der Waals surface area contributed by atoms with Crippen molar-refractivity contribution in [1.82, 2.24) is 14.9 Å². The van der Waals surface area contributed by atoms with E-state index in [1.807, 2.05) is 60.8 Å². The number of hydrogen-bond donors (Lipinski definition) is 2. The first-order valence-corrected chi connectivity index (χ1v) is 12.9. The number of thiocarbonyl (C=S) groups is 1. The molecule has 2 aromatic heterocycles. The predicted octanol–water partition coefficient (Wildman–Crippen LogP) is 6.39. The van der Waals surface area contributed by atoms with Crippen LogP contribution in [-0.2, 0) is 4.79 Å². The molecular weight excluding hydrogens is 534 g/mol. The molecule has 0 bridgehead atoms. The van der Waals surface area contributed by atoms with Crippen LogP contribution in [0.15, 0.2) is 83.5 Å². The summed E-state index contributed by atoms with van der Waals surface area (Å²) < 4.78 is 3.30. The second-order valence-corrected chi connectivity index (χ2v) is 10.1. The minimum absolute atomic E-state index is 0.103. The first-order chi connectivity index (χ1) is 17.3. The van der Waals surface area contributed by atoms with Crippen molar-refractivity contribution in [1.29, 1.82) is 0 Å². The monoisotopic (exact) mass is 559 g/mol. The molecule has 1 aliphatic heterocycles. The average Bonchev–Trinajstić information content (AvgIpc) is 3.35. The molecule has 2 atom stereocenters. The van der Waals surface area contributed by atoms with E-state index in [1.54, 1.807) is 0 Å². The predicted molar refractivity (Wildman–Crippen MR) is 152 cm³/mol. The van der Waals surface area contributed by atoms with Crippen molar-refractivity contribution in [3.63, 3.8) is 0 Å². The van der Waals surface area contributed by atoms with Crippen molar-refractivity contribution < 1.29 is 4.79 Å². The highest BCUT2D eigenvalue weighted by Crippen LogP contribution is 2.44. The van der Waals surface area contributed by atoms with E-state index in [2.05, 4.69) is 73.1 Å². The van der Waals surface area contributed by atoms with Gasteiger partial charge in [0.2, 0.25) is 5.91 Å². The van der Waals surface area contributed by atoms with Crippen LogP contribution >= 0.6 is 28.1 Å². The Bertz CT molecular complexity index is 1430. The molecular formula is C28H26BrN5OS. The lowest BCUT2D eigenvalue weighted by Crippen LogP contribution is -2.29. The van der Waals surface area contributed by atoms with Crippen LogP contribution < -0.4 is 15.5 Å². The minimum Gasteiger partial charge on any atom is -0.351 e. The van der Waals surface area contributed by atoms with Crippen molar-refractivity contribution in [2.75, 3.05) is 10.2 Å². The molecule has 4 aromatic rings. The van der Waals surface area contributed by atoms with Crippen LogP contribution in [0, 0.1) is 13.8 Å². The zero-order valence-electron chi connectivity index (χ0n) is 20.2. The van der Waals surface area contributed by atoms with Gasteiger partial charge >= 0.3 is 0 Å². The van der Waals surface area contributed by atoms with Gasteiger partial charge in [0.05, 0.1) is 23.5 Å². The van der Waals surface area contributed by atoms with Crippen LogP contribution in [0.2, 0.25) is 0 Å². The van der Waals surface area contributed by atoms with E-state index in [0.717, 1.165) is 44.2 Å². The molecule has 1 amide bonds. The second-order valence-electron chi connectivity index (χ2n) is 8.84. The first kappa shape index (κ1) is 24.2. The number of pyridine rings is 1. The van der Waals surface area contributed by atoms with Crippen LogP contribution in [0.4, 0.5) is 11.4 Å². The van der Waals surface area contributed by atoms with E-state index in [9.17, 15) is 4.79 Å². The topological polar surface area (TPSA) is 62.2 Å². The van der Waals surface area contributed by atoms with Crippen LogP contribution in [-0.4, -0.2) is 20.6 Å². The van der Waals surface area contributed by atoms with E-state index < -0.39 is 0 Å². The maximum Gasteiger partial charge on any atom is 0.221 e. The Morgan fingerprint density at radius 2 is 1.78 bits per heavy atom. The maximum atomic E-state index is 11.5.